The Balaban J connectivity index is 0. The molecular formula is C25H34Cl2Zr-2. The van der Waals surface area contributed by atoms with Gasteiger partial charge in [-0.3, -0.25) is 6.08 Å². The Morgan fingerprint density at radius 3 is 1.89 bits per heavy atom. The van der Waals surface area contributed by atoms with Crippen molar-refractivity contribution >= 4 is 14.0 Å². The second-order valence-corrected chi connectivity index (χ2v) is 11.5. The summed E-state index contributed by atoms with van der Waals surface area (Å²) in [5, 5.41) is 2.75. The number of hydrogen-bond donors (Lipinski definition) is 0. The van der Waals surface area contributed by atoms with Crippen LogP contribution in [0.1, 0.15) is 67.4 Å². The Morgan fingerprint density at radius 1 is 0.964 bits per heavy atom. The van der Waals surface area contributed by atoms with E-state index in [9.17, 15) is 0 Å². The number of allylic oxidation sites excluding steroid dienone is 4. The topological polar surface area (TPSA) is 0 Å². The first-order valence-electron chi connectivity index (χ1n) is 9.37. The van der Waals surface area contributed by atoms with Crippen LogP contribution >= 0.6 is 0 Å². The van der Waals surface area contributed by atoms with Gasteiger partial charge in [-0.25, -0.2) is 6.08 Å². The van der Waals surface area contributed by atoms with Crippen LogP contribution in [-0.2, 0) is 29.7 Å². The van der Waals surface area contributed by atoms with E-state index >= 15 is 0 Å². The number of benzene rings is 1. The normalized spacial score (nSPS) is 12.6. The maximum absolute atomic E-state index is 3.16. The molecule has 2 aromatic rings. The standard InChI is InChI=1S/C13H15.C9H13.C3H6.2ClH.Zr/c1-13(2,3)12-9-8-10-6-4-5-7-11(10)12;1-9(2,3)8-6-4-5-7-8;1-3-2;;;/h4-9H,1-3H3;6-7H,4H2,1-3H3;1-2H3;2*1H;/q2*-1;;;;+2/p-2. The zero-order valence-electron chi connectivity index (χ0n) is 18.6. The molecule has 0 spiro atoms. The molecule has 0 amide bonds. The fourth-order valence-electron chi connectivity index (χ4n) is 2.72. The van der Waals surface area contributed by atoms with Gasteiger partial charge in [0.05, 0.1) is 0 Å². The summed E-state index contributed by atoms with van der Waals surface area (Å²) in [6.07, 6.45) is 8.50. The van der Waals surface area contributed by atoms with Gasteiger partial charge in [0.1, 0.15) is 0 Å². The molecule has 0 heterocycles. The molecule has 1 aliphatic rings. The first-order valence-corrected chi connectivity index (χ1v) is 10.6. The molecule has 2 aromatic carbocycles. The first kappa shape index (κ1) is 29.8. The quantitative estimate of drug-likeness (QED) is 0.483. The Morgan fingerprint density at radius 2 is 1.50 bits per heavy atom. The third kappa shape index (κ3) is 10.4. The smallest absolute Gasteiger partial charge is 1.00 e. The van der Waals surface area contributed by atoms with Crippen molar-refractivity contribution in [2.24, 2.45) is 5.41 Å². The van der Waals surface area contributed by atoms with Crippen LogP contribution in [0.5, 0.6) is 0 Å². The SMILES string of the molecule is CC(C)(C)C1=CC[C-]=C1.CC(C)(C)c1c[cH-]c2ccccc12.C[C](C)=[Zr+2].[Cl-].[Cl-]. The summed E-state index contributed by atoms with van der Waals surface area (Å²) in [5.74, 6) is 0. The van der Waals surface area contributed by atoms with Crippen LogP contribution in [0.25, 0.3) is 10.8 Å². The summed E-state index contributed by atoms with van der Waals surface area (Å²) in [7, 11) is 0. The van der Waals surface area contributed by atoms with Crippen LogP contribution < -0.4 is 24.8 Å². The summed E-state index contributed by atoms with van der Waals surface area (Å²) in [6, 6.07) is 13.0. The summed E-state index contributed by atoms with van der Waals surface area (Å²) < 4.78 is 1.51. The minimum Gasteiger partial charge on any atom is -1.00 e. The van der Waals surface area contributed by atoms with Crippen molar-refractivity contribution in [3.05, 3.63) is 65.8 Å². The van der Waals surface area contributed by atoms with Gasteiger partial charge in [-0.1, -0.05) is 58.4 Å². The maximum atomic E-state index is 3.16. The molecule has 0 saturated carbocycles. The zero-order chi connectivity index (χ0) is 20.0. The molecule has 0 bridgehead atoms. The van der Waals surface area contributed by atoms with Crippen LogP contribution in [-0.4, -0.2) is 3.21 Å². The first-order chi connectivity index (χ1) is 11.9. The second kappa shape index (κ2) is 13.0. The molecule has 0 radical (unpaired) electrons. The Labute approximate surface area is 200 Å². The predicted molar refractivity (Wildman–Crippen MR) is 115 cm³/mol. The van der Waals surface area contributed by atoms with E-state index in [2.05, 4.69) is 110 Å². The van der Waals surface area contributed by atoms with E-state index in [1.807, 2.05) is 0 Å². The number of rotatable bonds is 0. The summed E-state index contributed by atoms with van der Waals surface area (Å²) in [6.45, 7) is 17.7. The number of halogens is 2. The van der Waals surface area contributed by atoms with E-state index in [0.29, 0.717) is 5.41 Å². The molecule has 0 fully saturated rings. The Bertz CT molecular complexity index is 777. The monoisotopic (exact) mass is 494 g/mol. The van der Waals surface area contributed by atoms with Crippen molar-refractivity contribution in [1.82, 2.24) is 0 Å². The van der Waals surface area contributed by atoms with Gasteiger partial charge in [-0.2, -0.15) is 11.6 Å². The van der Waals surface area contributed by atoms with Gasteiger partial charge in [0.2, 0.25) is 0 Å². The van der Waals surface area contributed by atoms with E-state index < -0.39 is 0 Å². The number of hydrogen-bond acceptors (Lipinski definition) is 0. The molecule has 0 N–H and O–H groups in total. The predicted octanol–water partition coefficient (Wildman–Crippen LogP) is 1.33. The van der Waals surface area contributed by atoms with Gasteiger partial charge < -0.3 is 24.8 Å². The molecule has 28 heavy (non-hydrogen) atoms. The van der Waals surface area contributed by atoms with Crippen LogP contribution in [0.3, 0.4) is 0 Å². The minimum atomic E-state index is 0. The van der Waals surface area contributed by atoms with Crippen molar-refractivity contribution < 1.29 is 49.0 Å². The molecule has 3 rings (SSSR count). The third-order valence-corrected chi connectivity index (χ3v) is 4.05. The van der Waals surface area contributed by atoms with Gasteiger partial charge in [0.15, 0.2) is 0 Å². The van der Waals surface area contributed by atoms with E-state index in [1.54, 1.807) is 24.2 Å². The molecule has 0 aliphatic heterocycles. The molecule has 0 saturated heterocycles. The molecule has 1 aliphatic carbocycles. The Hall–Kier alpha value is -0.357. The van der Waals surface area contributed by atoms with Crippen molar-refractivity contribution in [3.63, 3.8) is 0 Å². The van der Waals surface area contributed by atoms with Crippen molar-refractivity contribution in [1.29, 1.82) is 0 Å². The van der Waals surface area contributed by atoms with Gasteiger partial charge in [0, 0.05) is 0 Å². The molecular weight excluding hydrogens is 462 g/mol. The summed E-state index contributed by atoms with van der Waals surface area (Å²) in [4.78, 5) is 0. The van der Waals surface area contributed by atoms with Crippen LogP contribution in [0.2, 0.25) is 0 Å². The van der Waals surface area contributed by atoms with Gasteiger partial charge in [-0.15, -0.1) is 53.1 Å². The molecule has 0 atom stereocenters. The van der Waals surface area contributed by atoms with Gasteiger partial charge >= 0.3 is 41.3 Å². The molecule has 3 heteroatoms. The van der Waals surface area contributed by atoms with Crippen molar-refractivity contribution in [2.45, 2.75) is 67.2 Å². The second-order valence-electron chi connectivity index (χ2n) is 9.05. The Kier molecular flexibility index (Phi) is 13.9. The van der Waals surface area contributed by atoms with Crippen LogP contribution in [0.15, 0.2) is 54.1 Å². The minimum absolute atomic E-state index is 0. The molecule has 0 aromatic heterocycles. The van der Waals surface area contributed by atoms with E-state index in [4.69, 9.17) is 0 Å². The molecule has 154 valence electrons. The number of fused-ring (bicyclic) bond motifs is 1. The molecule has 0 unspecified atom stereocenters. The zero-order valence-corrected chi connectivity index (χ0v) is 22.6. The van der Waals surface area contributed by atoms with Gasteiger partial charge in [-0.05, 0) is 0 Å². The van der Waals surface area contributed by atoms with Crippen LogP contribution in [0, 0.1) is 11.5 Å². The van der Waals surface area contributed by atoms with Crippen molar-refractivity contribution in [2.75, 3.05) is 0 Å². The average molecular weight is 497 g/mol. The fourth-order valence-corrected chi connectivity index (χ4v) is 2.72. The summed E-state index contributed by atoms with van der Waals surface area (Å²) in [5.41, 5.74) is 3.44. The van der Waals surface area contributed by atoms with E-state index in [1.165, 1.54) is 25.1 Å². The van der Waals surface area contributed by atoms with E-state index in [-0.39, 0.29) is 30.2 Å². The molecule has 0 nitrogen and oxygen atoms in total. The average Bonchev–Trinajstić information content (AvgIpc) is 3.16. The third-order valence-electron chi connectivity index (χ3n) is 4.05. The van der Waals surface area contributed by atoms with E-state index in [0.717, 1.165) is 6.42 Å². The van der Waals surface area contributed by atoms with Crippen LogP contribution in [0.4, 0.5) is 0 Å². The van der Waals surface area contributed by atoms with Crippen molar-refractivity contribution in [3.8, 4) is 0 Å². The van der Waals surface area contributed by atoms with Gasteiger partial charge in [0.25, 0.3) is 0 Å². The fraction of sp³-hybridized carbons (Fsp3) is 0.440. The largest absolute Gasteiger partial charge is 1.00 e. The maximum Gasteiger partial charge on any atom is -1.00 e. The summed E-state index contributed by atoms with van der Waals surface area (Å²) >= 11 is 1.55.